The smallest absolute Gasteiger partial charge is 0.131 e. The summed E-state index contributed by atoms with van der Waals surface area (Å²) in [4.78, 5) is 7.87. The molecule has 5 aromatic rings. The Balaban J connectivity index is 1.45. The lowest BCUT2D eigenvalue weighted by molar-refractivity contribution is 0.318. The number of rotatable bonds is 8. The second-order valence-electron chi connectivity index (χ2n) is 10.5. The minimum Gasteiger partial charge on any atom is -0.399 e. The quantitative estimate of drug-likeness (QED) is 0.194. The molecule has 0 unspecified atom stereocenters. The Bertz CT molecular complexity index is 1600. The highest BCUT2D eigenvalue weighted by Crippen LogP contribution is 2.46. The molecule has 0 radical (unpaired) electrons. The van der Waals surface area contributed by atoms with Crippen molar-refractivity contribution in [1.82, 2.24) is 4.90 Å². The van der Waals surface area contributed by atoms with Crippen LogP contribution in [0.15, 0.2) is 103 Å². The van der Waals surface area contributed by atoms with Gasteiger partial charge in [0.05, 0.1) is 18.2 Å². The summed E-state index contributed by atoms with van der Waals surface area (Å²) in [6.07, 6.45) is 0. The first-order chi connectivity index (χ1) is 20.0. The number of para-hydroxylation sites is 1. The molecule has 7 heteroatoms. The topological polar surface area (TPSA) is 35.7 Å². The second kappa shape index (κ2) is 11.7. The van der Waals surface area contributed by atoms with Crippen LogP contribution in [0.5, 0.6) is 0 Å². The Kier molecular flexibility index (Phi) is 7.72. The van der Waals surface area contributed by atoms with Crippen molar-refractivity contribution in [3.8, 4) is 10.4 Å². The zero-order valence-electron chi connectivity index (χ0n) is 22.9. The van der Waals surface area contributed by atoms with E-state index in [4.69, 9.17) is 5.73 Å². The lowest BCUT2D eigenvalue weighted by Gasteiger charge is -2.38. The van der Waals surface area contributed by atoms with Gasteiger partial charge in [-0.05, 0) is 60.1 Å². The van der Waals surface area contributed by atoms with E-state index >= 15 is 0 Å². The van der Waals surface area contributed by atoms with Crippen molar-refractivity contribution in [2.75, 3.05) is 29.2 Å². The van der Waals surface area contributed by atoms with Gasteiger partial charge >= 0.3 is 0 Å². The number of benzene rings is 4. The van der Waals surface area contributed by atoms with Crippen LogP contribution in [0, 0.1) is 11.6 Å². The number of nitrogen functional groups attached to an aromatic ring is 1. The molecule has 0 spiro atoms. The van der Waals surface area contributed by atoms with E-state index in [9.17, 15) is 8.78 Å². The molecule has 208 valence electrons. The van der Waals surface area contributed by atoms with Gasteiger partial charge in [0, 0.05) is 47.0 Å². The minimum atomic E-state index is -0.526. The normalized spacial score (nSPS) is 13.1. The Morgan fingerprint density at radius 1 is 0.780 bits per heavy atom. The summed E-state index contributed by atoms with van der Waals surface area (Å²) < 4.78 is 29.7. The van der Waals surface area contributed by atoms with Crippen LogP contribution in [0.3, 0.4) is 0 Å². The largest absolute Gasteiger partial charge is 0.399 e. The average Bonchev–Trinajstić information content (AvgIpc) is 3.34. The summed E-state index contributed by atoms with van der Waals surface area (Å²) in [5, 5.41) is 1.05. The maximum absolute atomic E-state index is 14.9. The third kappa shape index (κ3) is 5.82. The summed E-state index contributed by atoms with van der Waals surface area (Å²) in [5.74, 6) is -1.05. The molecule has 1 aliphatic heterocycles. The molecule has 0 saturated heterocycles. The lowest BCUT2D eigenvalue weighted by Crippen LogP contribution is -2.42. The van der Waals surface area contributed by atoms with Crippen molar-refractivity contribution in [2.24, 2.45) is 0 Å². The molecule has 2 N–H and O–H groups in total. The molecule has 6 rings (SSSR count). The van der Waals surface area contributed by atoms with Crippen molar-refractivity contribution >= 4 is 27.7 Å². The van der Waals surface area contributed by atoms with Crippen LogP contribution in [0.4, 0.5) is 25.2 Å². The molecule has 2 heterocycles. The number of hydrogen-bond donors (Lipinski definition) is 1. The van der Waals surface area contributed by atoms with E-state index in [0.29, 0.717) is 18.9 Å². The third-order valence-electron chi connectivity index (χ3n) is 7.50. The number of halogens is 2. The molecule has 4 nitrogen and oxygen atoms in total. The van der Waals surface area contributed by atoms with Gasteiger partial charge in [0.2, 0.25) is 0 Å². The molecule has 41 heavy (non-hydrogen) atoms. The van der Waals surface area contributed by atoms with Gasteiger partial charge < -0.3 is 15.5 Å². The number of fused-ring (bicyclic) bond motifs is 1. The third-order valence-corrected chi connectivity index (χ3v) is 8.89. The van der Waals surface area contributed by atoms with E-state index in [1.807, 2.05) is 36.4 Å². The number of nitrogens with zero attached hydrogens (tertiary/aromatic N) is 3. The zero-order chi connectivity index (χ0) is 28.3. The van der Waals surface area contributed by atoms with Crippen LogP contribution in [0.1, 0.15) is 22.3 Å². The maximum Gasteiger partial charge on any atom is 0.131 e. The van der Waals surface area contributed by atoms with Crippen molar-refractivity contribution < 1.29 is 8.78 Å². The van der Waals surface area contributed by atoms with Crippen LogP contribution in [-0.2, 0) is 26.2 Å². The van der Waals surface area contributed by atoms with Crippen LogP contribution < -0.4 is 15.5 Å². The van der Waals surface area contributed by atoms with Crippen molar-refractivity contribution in [3.05, 3.63) is 137 Å². The zero-order valence-corrected chi connectivity index (χ0v) is 23.8. The first-order valence-electron chi connectivity index (χ1n) is 13.7. The van der Waals surface area contributed by atoms with E-state index in [1.165, 1.54) is 34.9 Å². The van der Waals surface area contributed by atoms with Gasteiger partial charge in [-0.2, -0.15) is 0 Å². The molecule has 4 aromatic carbocycles. The number of hydrogen-bond acceptors (Lipinski definition) is 5. The van der Waals surface area contributed by atoms with E-state index in [1.54, 1.807) is 11.3 Å². The van der Waals surface area contributed by atoms with E-state index in [2.05, 4.69) is 70.3 Å². The van der Waals surface area contributed by atoms with Crippen LogP contribution in [0.2, 0.25) is 0 Å². The summed E-state index contributed by atoms with van der Waals surface area (Å²) in [5.41, 5.74) is 12.7. The van der Waals surface area contributed by atoms with Gasteiger partial charge in [0.15, 0.2) is 0 Å². The maximum atomic E-state index is 14.9. The minimum absolute atomic E-state index is 0.0820. The van der Waals surface area contributed by atoms with Gasteiger partial charge in [-0.25, -0.2) is 8.78 Å². The molecular formula is C34H32F2N4S. The Morgan fingerprint density at radius 3 is 2.12 bits per heavy atom. The average molecular weight is 567 g/mol. The fourth-order valence-electron chi connectivity index (χ4n) is 5.48. The summed E-state index contributed by atoms with van der Waals surface area (Å²) in [6, 6.07) is 32.7. The first kappa shape index (κ1) is 27.0. The summed E-state index contributed by atoms with van der Waals surface area (Å²) in [7, 11) is 2.13. The Hall–Kier alpha value is -4.20. The summed E-state index contributed by atoms with van der Waals surface area (Å²) in [6.45, 7) is 2.89. The van der Waals surface area contributed by atoms with E-state index in [-0.39, 0.29) is 12.1 Å². The fourth-order valence-corrected chi connectivity index (χ4v) is 6.80. The van der Waals surface area contributed by atoms with Crippen molar-refractivity contribution in [2.45, 2.75) is 26.2 Å². The molecule has 0 saturated carbocycles. The molecule has 0 fully saturated rings. The van der Waals surface area contributed by atoms with Gasteiger partial charge in [0.25, 0.3) is 0 Å². The van der Waals surface area contributed by atoms with Gasteiger partial charge in [0.1, 0.15) is 11.6 Å². The van der Waals surface area contributed by atoms with Gasteiger partial charge in [-0.1, -0.05) is 66.7 Å². The molecule has 0 atom stereocenters. The van der Waals surface area contributed by atoms with Crippen molar-refractivity contribution in [3.63, 3.8) is 0 Å². The number of nitrogens with two attached hydrogens (primary N) is 1. The van der Waals surface area contributed by atoms with Crippen LogP contribution in [0.25, 0.3) is 10.4 Å². The monoisotopic (exact) mass is 566 g/mol. The first-order valence-corrected chi connectivity index (χ1v) is 14.5. The van der Waals surface area contributed by atoms with E-state index in [0.717, 1.165) is 34.2 Å². The van der Waals surface area contributed by atoms with Crippen LogP contribution in [-0.4, -0.2) is 18.6 Å². The fraction of sp³-hybridized carbons (Fsp3) is 0.176. The predicted octanol–water partition coefficient (Wildman–Crippen LogP) is 7.89. The predicted molar refractivity (Wildman–Crippen MR) is 166 cm³/mol. The lowest BCUT2D eigenvalue weighted by atomic mass is 10.0. The number of thiophene rings is 1. The van der Waals surface area contributed by atoms with E-state index < -0.39 is 11.6 Å². The molecule has 0 aliphatic carbocycles. The molecule has 1 aliphatic rings. The van der Waals surface area contributed by atoms with Crippen LogP contribution >= 0.6 is 11.3 Å². The number of anilines is 3. The highest BCUT2D eigenvalue weighted by molar-refractivity contribution is 7.19. The Morgan fingerprint density at radius 2 is 1.44 bits per heavy atom. The highest BCUT2D eigenvalue weighted by Gasteiger charge is 2.31. The van der Waals surface area contributed by atoms with Crippen molar-refractivity contribution in [1.29, 1.82) is 0 Å². The van der Waals surface area contributed by atoms with Gasteiger partial charge in [-0.3, -0.25) is 4.90 Å². The second-order valence-corrected chi connectivity index (χ2v) is 11.5. The molecular weight excluding hydrogens is 534 g/mol. The standard InChI is InChI=1S/C34H32F2N4S/c1-38(19-24-9-4-2-5-10-24)20-28-29-21-39(27-11-6-3-7-12-27)23-40(22-30-31(35)13-8-14-32(30)36)34(29)41-33(28)25-15-17-26(37)18-16-25/h2-18H,19-23,37H2,1H3. The highest BCUT2D eigenvalue weighted by atomic mass is 32.1. The van der Waals surface area contributed by atoms with Gasteiger partial charge in [-0.15, -0.1) is 11.3 Å². The molecule has 1 aromatic heterocycles. The Labute approximate surface area is 243 Å². The molecule has 0 amide bonds. The SMILES string of the molecule is CN(Cc1ccccc1)Cc1c(-c2ccc(N)cc2)sc2c1CN(c1ccccc1)CN2Cc1c(F)cccc1F. The summed E-state index contributed by atoms with van der Waals surface area (Å²) >= 11 is 1.69. The molecule has 0 bridgehead atoms.